The fraction of sp³-hybridized carbons (Fsp3) is 0.938. The van der Waals surface area contributed by atoms with E-state index in [9.17, 15) is 0 Å². The highest BCUT2D eigenvalue weighted by molar-refractivity contribution is 4.85. The van der Waals surface area contributed by atoms with Crippen molar-refractivity contribution in [2.45, 2.75) is 90.9 Å². The van der Waals surface area contributed by atoms with Gasteiger partial charge in [0.25, 0.3) is 0 Å². The molecule has 0 spiro atoms. The van der Waals surface area contributed by atoms with E-state index in [0.717, 1.165) is 105 Å². The van der Waals surface area contributed by atoms with Crippen molar-refractivity contribution in [1.29, 1.82) is 0 Å². The summed E-state index contributed by atoms with van der Waals surface area (Å²) in [7, 11) is 0. The van der Waals surface area contributed by atoms with E-state index in [-0.39, 0.29) is 0 Å². The molecule has 0 saturated heterocycles. The first-order chi connectivity index (χ1) is 19.9. The molecule has 0 aliphatic heterocycles. The van der Waals surface area contributed by atoms with Crippen molar-refractivity contribution in [3.8, 4) is 0 Å². The topological polar surface area (TPSA) is 96.2 Å². The van der Waals surface area contributed by atoms with Crippen LogP contribution in [0.25, 0.3) is 0 Å². The molecule has 8 N–H and O–H groups in total. The number of nitrogens with one attached hydrogen (secondary N) is 8. The minimum absolute atomic E-state index is 0.979. The minimum Gasteiger partial charge on any atom is -0.317 e. The Balaban J connectivity index is 3.08. The van der Waals surface area contributed by atoms with Crippen LogP contribution in [0.5, 0.6) is 0 Å². The van der Waals surface area contributed by atoms with Gasteiger partial charge < -0.3 is 42.5 Å². The van der Waals surface area contributed by atoms with Crippen LogP contribution in [0.3, 0.4) is 0 Å². The van der Waals surface area contributed by atoms with E-state index < -0.39 is 0 Å². The summed E-state index contributed by atoms with van der Waals surface area (Å²) in [6.45, 7) is 22.2. The van der Waals surface area contributed by atoms with E-state index in [1.54, 1.807) is 0 Å². The van der Waals surface area contributed by atoms with Gasteiger partial charge in [-0.25, -0.2) is 0 Å². The van der Waals surface area contributed by atoms with Crippen molar-refractivity contribution in [2.24, 2.45) is 0 Å². The number of rotatable bonds is 36. The minimum atomic E-state index is 0.979. The third kappa shape index (κ3) is 37.4. The first-order valence-electron chi connectivity index (χ1n) is 17.2. The van der Waals surface area contributed by atoms with Gasteiger partial charge in [-0.05, 0) is 169 Å². The van der Waals surface area contributed by atoms with E-state index >= 15 is 0 Å². The first-order valence-corrected chi connectivity index (χ1v) is 17.2. The molecular weight excluding hydrogens is 496 g/mol. The zero-order valence-corrected chi connectivity index (χ0v) is 27.0. The second-order valence-electron chi connectivity index (χ2n) is 10.8. The monoisotopic (exact) mass is 569 g/mol. The average molecular weight is 569 g/mol. The van der Waals surface area contributed by atoms with E-state index in [1.165, 1.54) is 77.0 Å². The van der Waals surface area contributed by atoms with Crippen molar-refractivity contribution in [3.05, 3.63) is 12.2 Å². The Bertz CT molecular complexity index is 424. The van der Waals surface area contributed by atoms with Gasteiger partial charge in [-0.15, -0.1) is 0 Å². The van der Waals surface area contributed by atoms with Crippen LogP contribution in [0.15, 0.2) is 12.2 Å². The molecule has 0 aliphatic carbocycles. The SMILES string of the molecule is CCNCCCCNCCCCNCCCCNC/C=C\CNCCCCNCCCCNCCCCNCC. The Kier molecular flexibility index (Phi) is 37.9. The largest absolute Gasteiger partial charge is 0.317 e. The maximum absolute atomic E-state index is 3.58. The summed E-state index contributed by atoms with van der Waals surface area (Å²) in [6, 6.07) is 0. The molecule has 0 radical (unpaired) electrons. The smallest absolute Gasteiger partial charge is 0.0135 e. The molecule has 0 heterocycles. The fourth-order valence-electron chi connectivity index (χ4n) is 4.39. The molecule has 8 nitrogen and oxygen atoms in total. The third-order valence-electron chi connectivity index (χ3n) is 6.93. The lowest BCUT2D eigenvalue weighted by molar-refractivity contribution is 0.545. The van der Waals surface area contributed by atoms with Crippen molar-refractivity contribution in [1.82, 2.24) is 42.5 Å². The molecule has 0 aromatic carbocycles. The predicted molar refractivity (Wildman–Crippen MR) is 179 cm³/mol. The maximum Gasteiger partial charge on any atom is 0.0135 e. The van der Waals surface area contributed by atoms with E-state index in [4.69, 9.17) is 0 Å². The molecule has 0 rings (SSSR count). The molecule has 0 unspecified atom stereocenters. The average Bonchev–Trinajstić information content (AvgIpc) is 2.97. The van der Waals surface area contributed by atoms with Crippen LogP contribution in [0.4, 0.5) is 0 Å². The molecule has 0 aliphatic rings. The lowest BCUT2D eigenvalue weighted by Gasteiger charge is -2.07. The Hall–Kier alpha value is -0.580. The number of hydrogen-bond acceptors (Lipinski definition) is 8. The summed E-state index contributed by atoms with van der Waals surface area (Å²) in [4.78, 5) is 0. The summed E-state index contributed by atoms with van der Waals surface area (Å²) >= 11 is 0. The van der Waals surface area contributed by atoms with Crippen LogP contribution in [0.2, 0.25) is 0 Å². The highest BCUT2D eigenvalue weighted by atomic mass is 14.9. The molecule has 0 aromatic rings. The summed E-state index contributed by atoms with van der Waals surface area (Å²) in [5, 5.41) is 28.1. The van der Waals surface area contributed by atoms with Gasteiger partial charge in [-0.1, -0.05) is 26.0 Å². The van der Waals surface area contributed by atoms with Crippen LogP contribution >= 0.6 is 0 Å². The van der Waals surface area contributed by atoms with Gasteiger partial charge >= 0.3 is 0 Å². The summed E-state index contributed by atoms with van der Waals surface area (Å²) in [5.74, 6) is 0. The molecule has 40 heavy (non-hydrogen) atoms. The standard InChI is InChI=1S/C32H72N8/c1-3-33-19-5-7-21-35-23-9-11-25-37-27-13-15-29-39-31-17-18-32-40-30-16-14-28-38-26-12-10-24-36-22-8-6-20-34-4-2/h17-18,33-40H,3-16,19-32H2,1-2H3/b18-17-. The highest BCUT2D eigenvalue weighted by Gasteiger charge is 1.94. The zero-order valence-electron chi connectivity index (χ0n) is 27.0. The highest BCUT2D eigenvalue weighted by Crippen LogP contribution is 1.91. The second kappa shape index (κ2) is 38.4. The van der Waals surface area contributed by atoms with Crippen LogP contribution < -0.4 is 42.5 Å². The molecule has 0 fully saturated rings. The van der Waals surface area contributed by atoms with Crippen LogP contribution in [0.1, 0.15) is 90.9 Å². The van der Waals surface area contributed by atoms with Crippen molar-refractivity contribution < 1.29 is 0 Å². The van der Waals surface area contributed by atoms with Gasteiger partial charge in [0, 0.05) is 13.1 Å². The maximum atomic E-state index is 3.58. The Morgan fingerprint density at radius 1 is 0.275 bits per heavy atom. The van der Waals surface area contributed by atoms with Crippen LogP contribution in [-0.2, 0) is 0 Å². The van der Waals surface area contributed by atoms with Crippen molar-refractivity contribution >= 4 is 0 Å². The van der Waals surface area contributed by atoms with Gasteiger partial charge in [0.1, 0.15) is 0 Å². The van der Waals surface area contributed by atoms with Gasteiger partial charge in [0.05, 0.1) is 0 Å². The van der Waals surface area contributed by atoms with Crippen LogP contribution in [-0.4, -0.2) is 105 Å². The summed E-state index contributed by atoms with van der Waals surface area (Å²) in [5.41, 5.74) is 0. The molecule has 240 valence electrons. The summed E-state index contributed by atoms with van der Waals surface area (Å²) in [6.07, 6.45) is 19.7. The lowest BCUT2D eigenvalue weighted by atomic mass is 10.2. The zero-order chi connectivity index (χ0) is 28.9. The van der Waals surface area contributed by atoms with Gasteiger partial charge in [0.15, 0.2) is 0 Å². The lowest BCUT2D eigenvalue weighted by Crippen LogP contribution is -2.22. The molecule has 0 aromatic heterocycles. The quantitative estimate of drug-likeness (QED) is 0.0432. The molecule has 0 bridgehead atoms. The number of unbranched alkanes of at least 4 members (excludes halogenated alkanes) is 6. The molecular formula is C32H72N8. The third-order valence-corrected chi connectivity index (χ3v) is 6.93. The van der Waals surface area contributed by atoms with E-state index in [1.807, 2.05) is 0 Å². The Labute approximate surface area is 250 Å². The molecule has 8 heteroatoms. The molecule has 0 amide bonds. The van der Waals surface area contributed by atoms with E-state index in [2.05, 4.69) is 68.5 Å². The molecule has 0 saturated carbocycles. The van der Waals surface area contributed by atoms with Gasteiger partial charge in [0.2, 0.25) is 0 Å². The summed E-state index contributed by atoms with van der Waals surface area (Å²) < 4.78 is 0. The molecule has 0 atom stereocenters. The Morgan fingerprint density at radius 3 is 0.700 bits per heavy atom. The van der Waals surface area contributed by atoms with Gasteiger partial charge in [-0.2, -0.15) is 0 Å². The normalized spacial score (nSPS) is 11.8. The number of hydrogen-bond donors (Lipinski definition) is 8. The second-order valence-corrected chi connectivity index (χ2v) is 10.8. The first kappa shape index (κ1) is 39.4. The van der Waals surface area contributed by atoms with Crippen molar-refractivity contribution in [3.63, 3.8) is 0 Å². The predicted octanol–water partition coefficient (Wildman–Crippen LogP) is 2.98. The van der Waals surface area contributed by atoms with Crippen molar-refractivity contribution in [2.75, 3.05) is 105 Å². The Morgan fingerprint density at radius 2 is 0.475 bits per heavy atom. The van der Waals surface area contributed by atoms with Crippen LogP contribution in [0, 0.1) is 0 Å². The van der Waals surface area contributed by atoms with E-state index in [0.29, 0.717) is 0 Å². The fourth-order valence-corrected chi connectivity index (χ4v) is 4.39. The van der Waals surface area contributed by atoms with Gasteiger partial charge in [-0.3, -0.25) is 0 Å².